The highest BCUT2D eigenvalue weighted by molar-refractivity contribution is 6.00. The van der Waals surface area contributed by atoms with E-state index in [9.17, 15) is 14.4 Å². The molecule has 0 saturated carbocycles. The number of hydrogen-bond donors (Lipinski definition) is 1. The van der Waals surface area contributed by atoms with Crippen molar-refractivity contribution in [2.24, 2.45) is 0 Å². The summed E-state index contributed by atoms with van der Waals surface area (Å²) in [6, 6.07) is 15.4. The molecule has 10 heteroatoms. The summed E-state index contributed by atoms with van der Waals surface area (Å²) in [5.41, 5.74) is 7.15. The molecule has 6 rings (SSSR count). The number of imide groups is 1. The Hall–Kier alpha value is -4.31. The van der Waals surface area contributed by atoms with E-state index < -0.39 is 6.04 Å². The van der Waals surface area contributed by atoms with E-state index in [-0.39, 0.29) is 24.3 Å². The van der Waals surface area contributed by atoms with Crippen LogP contribution in [-0.2, 0) is 27.5 Å². The number of likely N-dealkylation sites (tertiary alicyclic amines) is 1. The molecule has 1 atom stereocenters. The zero-order valence-electron chi connectivity index (χ0n) is 28.4. The van der Waals surface area contributed by atoms with Gasteiger partial charge in [0.05, 0.1) is 0 Å². The summed E-state index contributed by atoms with van der Waals surface area (Å²) in [5.74, 6) is 0.201. The second-order valence-corrected chi connectivity index (χ2v) is 13.9. The maximum atomic E-state index is 12.4. The van der Waals surface area contributed by atoms with E-state index in [0.717, 1.165) is 81.5 Å². The molecule has 3 aliphatic heterocycles. The highest BCUT2D eigenvalue weighted by Crippen LogP contribution is 2.31. The van der Waals surface area contributed by atoms with Gasteiger partial charge in [0.2, 0.25) is 18.2 Å². The third-order valence-corrected chi connectivity index (χ3v) is 10.3. The number of carbonyl (C=O) groups excluding carboxylic acids is 3. The van der Waals surface area contributed by atoms with Crippen LogP contribution in [0.4, 0.5) is 5.69 Å². The summed E-state index contributed by atoms with van der Waals surface area (Å²) in [4.78, 5) is 51.2. The number of aryl methyl sites for hydroxylation is 1. The number of carbonyl (C=O) groups is 3. The molecule has 3 saturated heterocycles. The Balaban J connectivity index is 0.962. The van der Waals surface area contributed by atoms with Crippen molar-refractivity contribution in [1.29, 1.82) is 0 Å². The van der Waals surface area contributed by atoms with Gasteiger partial charge in [0.1, 0.15) is 12.1 Å². The minimum atomic E-state index is -0.610. The summed E-state index contributed by atoms with van der Waals surface area (Å²) in [6.07, 6.45) is 9.28. The van der Waals surface area contributed by atoms with Crippen LogP contribution in [0.5, 0.6) is 6.01 Å². The molecule has 254 valence electrons. The highest BCUT2D eigenvalue weighted by Gasteiger charge is 2.31. The summed E-state index contributed by atoms with van der Waals surface area (Å²) >= 11 is 0. The van der Waals surface area contributed by atoms with Crippen molar-refractivity contribution in [1.82, 2.24) is 25.1 Å². The Bertz CT molecular complexity index is 1560. The molecule has 3 fully saturated rings. The molecular formula is C38H48N6O4. The van der Waals surface area contributed by atoms with Crippen LogP contribution in [-0.4, -0.2) is 76.3 Å². The fraction of sp³-hybridized carbons (Fsp3) is 0.500. The minimum Gasteiger partial charge on any atom is -0.460 e. The van der Waals surface area contributed by atoms with Crippen LogP contribution in [0.2, 0.25) is 0 Å². The standard InChI is InChI=1S/C38H48N6O4/c1-26(2)32-21-39-38(40-22-32)48-34-14-18-43(19-15-34)33-8-5-28(6-9-33)23-42-16-12-29(13-17-42)30-7-4-27(3)31(20-30)24-44(25-45)35-10-11-36(46)41-37(35)47/h4-9,20-22,25-26,29,34-35H,10-19,23-24H2,1-3H3,(H,41,46,47). The zero-order chi connectivity index (χ0) is 33.6. The van der Waals surface area contributed by atoms with E-state index in [4.69, 9.17) is 4.74 Å². The Morgan fingerprint density at radius 1 is 0.958 bits per heavy atom. The molecule has 0 bridgehead atoms. The first-order valence-electron chi connectivity index (χ1n) is 17.4. The number of aromatic nitrogens is 2. The second kappa shape index (κ2) is 15.3. The number of benzene rings is 2. The van der Waals surface area contributed by atoms with Gasteiger partial charge in [-0.3, -0.25) is 24.6 Å². The fourth-order valence-electron chi connectivity index (χ4n) is 7.09. The lowest BCUT2D eigenvalue weighted by Crippen LogP contribution is -2.51. The lowest BCUT2D eigenvalue weighted by Gasteiger charge is -2.34. The van der Waals surface area contributed by atoms with Crippen molar-refractivity contribution in [2.45, 2.75) is 96.4 Å². The second-order valence-electron chi connectivity index (χ2n) is 13.9. The van der Waals surface area contributed by atoms with E-state index in [1.54, 1.807) is 0 Å². The van der Waals surface area contributed by atoms with Gasteiger partial charge in [0.25, 0.3) is 0 Å². The predicted octanol–water partition coefficient (Wildman–Crippen LogP) is 5.10. The maximum absolute atomic E-state index is 12.4. The number of piperidine rings is 3. The van der Waals surface area contributed by atoms with Crippen molar-refractivity contribution in [3.8, 4) is 6.01 Å². The molecule has 3 aromatic rings. The van der Waals surface area contributed by atoms with Crippen LogP contribution in [0.25, 0.3) is 0 Å². The maximum Gasteiger partial charge on any atom is 0.316 e. The van der Waals surface area contributed by atoms with Gasteiger partial charge in [0.15, 0.2) is 0 Å². The topological polar surface area (TPSA) is 108 Å². The third-order valence-electron chi connectivity index (χ3n) is 10.3. The van der Waals surface area contributed by atoms with Crippen molar-refractivity contribution in [3.63, 3.8) is 0 Å². The van der Waals surface area contributed by atoms with E-state index in [2.05, 4.69) is 81.4 Å². The molecule has 48 heavy (non-hydrogen) atoms. The largest absolute Gasteiger partial charge is 0.460 e. The van der Waals surface area contributed by atoms with Gasteiger partial charge >= 0.3 is 6.01 Å². The van der Waals surface area contributed by atoms with Gasteiger partial charge in [-0.1, -0.05) is 44.2 Å². The van der Waals surface area contributed by atoms with Crippen LogP contribution in [0.15, 0.2) is 54.9 Å². The molecule has 2 aromatic carbocycles. The summed E-state index contributed by atoms with van der Waals surface area (Å²) in [7, 11) is 0. The molecule has 0 spiro atoms. The number of rotatable bonds is 11. The van der Waals surface area contributed by atoms with Crippen LogP contribution in [0, 0.1) is 6.92 Å². The van der Waals surface area contributed by atoms with E-state index in [1.165, 1.54) is 21.7 Å². The summed E-state index contributed by atoms with van der Waals surface area (Å²) in [5, 5.41) is 2.37. The van der Waals surface area contributed by atoms with Gasteiger partial charge in [0, 0.05) is 63.5 Å². The average molecular weight is 653 g/mol. The Kier molecular flexibility index (Phi) is 10.7. The van der Waals surface area contributed by atoms with Crippen molar-refractivity contribution >= 4 is 23.9 Å². The average Bonchev–Trinajstić information content (AvgIpc) is 3.09. The van der Waals surface area contributed by atoms with Crippen molar-refractivity contribution in [2.75, 3.05) is 31.1 Å². The molecule has 0 aliphatic carbocycles. The number of hydrogen-bond acceptors (Lipinski definition) is 8. The number of nitrogens with zero attached hydrogens (tertiary/aromatic N) is 5. The van der Waals surface area contributed by atoms with Crippen LogP contribution in [0.1, 0.15) is 92.0 Å². The van der Waals surface area contributed by atoms with Crippen LogP contribution >= 0.6 is 0 Å². The van der Waals surface area contributed by atoms with Crippen LogP contribution < -0.4 is 15.0 Å². The lowest BCUT2D eigenvalue weighted by molar-refractivity contribution is -0.141. The SMILES string of the molecule is Cc1ccc(C2CCN(Cc3ccc(N4CCC(Oc5ncc(C(C)C)cn5)CC4)cc3)CC2)cc1CN(C=O)C1CCC(=O)NC1=O. The number of nitrogens with one attached hydrogen (secondary N) is 1. The summed E-state index contributed by atoms with van der Waals surface area (Å²) in [6.45, 7) is 11.6. The molecule has 3 aliphatic rings. The van der Waals surface area contributed by atoms with Gasteiger partial charge in [-0.2, -0.15) is 0 Å². The van der Waals surface area contributed by atoms with Crippen molar-refractivity contribution < 1.29 is 19.1 Å². The molecule has 4 heterocycles. The predicted molar refractivity (Wildman–Crippen MR) is 185 cm³/mol. The number of anilines is 1. The Labute approximate surface area is 283 Å². The smallest absolute Gasteiger partial charge is 0.316 e. The molecule has 1 unspecified atom stereocenters. The van der Waals surface area contributed by atoms with Gasteiger partial charge in [-0.15, -0.1) is 0 Å². The first-order valence-corrected chi connectivity index (χ1v) is 17.4. The quantitative estimate of drug-likeness (QED) is 0.225. The zero-order valence-corrected chi connectivity index (χ0v) is 28.4. The van der Waals surface area contributed by atoms with Gasteiger partial charge in [-0.05, 0) is 91.1 Å². The van der Waals surface area contributed by atoms with E-state index in [0.29, 0.717) is 30.8 Å². The Morgan fingerprint density at radius 2 is 1.67 bits per heavy atom. The monoisotopic (exact) mass is 652 g/mol. The molecule has 1 N–H and O–H groups in total. The van der Waals surface area contributed by atoms with E-state index >= 15 is 0 Å². The van der Waals surface area contributed by atoms with Crippen LogP contribution in [0.3, 0.4) is 0 Å². The number of ether oxygens (including phenoxy) is 1. The molecule has 3 amide bonds. The summed E-state index contributed by atoms with van der Waals surface area (Å²) < 4.78 is 6.08. The first-order chi connectivity index (χ1) is 23.2. The van der Waals surface area contributed by atoms with Gasteiger partial charge < -0.3 is 14.5 Å². The van der Waals surface area contributed by atoms with Gasteiger partial charge in [-0.25, -0.2) is 9.97 Å². The number of amides is 3. The Morgan fingerprint density at radius 3 is 2.31 bits per heavy atom. The van der Waals surface area contributed by atoms with Crippen molar-refractivity contribution in [3.05, 3.63) is 82.7 Å². The molecule has 1 aromatic heterocycles. The molecule has 0 radical (unpaired) electrons. The third kappa shape index (κ3) is 8.21. The normalized spacial score (nSPS) is 19.8. The lowest BCUT2D eigenvalue weighted by atomic mass is 9.87. The molecule has 10 nitrogen and oxygen atoms in total. The first kappa shape index (κ1) is 33.6. The van der Waals surface area contributed by atoms with E-state index in [1.807, 2.05) is 19.3 Å². The fourth-order valence-corrected chi connectivity index (χ4v) is 7.09. The highest BCUT2D eigenvalue weighted by atomic mass is 16.5. The minimum absolute atomic E-state index is 0.142. The molecular weight excluding hydrogens is 604 g/mol.